The third-order valence-electron chi connectivity index (χ3n) is 4.00. The lowest BCUT2D eigenvalue weighted by Gasteiger charge is -2.19. The molecule has 9 heteroatoms. The van der Waals surface area contributed by atoms with Crippen LogP contribution in [0.4, 0.5) is 0 Å². The molecule has 0 saturated heterocycles. The first-order valence-corrected chi connectivity index (χ1v) is 9.59. The van der Waals surface area contributed by atoms with Crippen molar-refractivity contribution in [3.05, 3.63) is 52.8 Å². The number of furan rings is 1. The molecule has 4 rings (SSSR count). The molecule has 0 saturated carbocycles. The van der Waals surface area contributed by atoms with Crippen LogP contribution in [0.25, 0.3) is 17.4 Å². The first-order chi connectivity index (χ1) is 13.0. The highest BCUT2D eigenvalue weighted by molar-refractivity contribution is 8.26. The normalized spacial score (nSPS) is 17.4. The maximum absolute atomic E-state index is 12.4. The first-order valence-electron chi connectivity index (χ1n) is 8.40. The highest BCUT2D eigenvalue weighted by Crippen LogP contribution is 2.30. The van der Waals surface area contributed by atoms with E-state index in [2.05, 4.69) is 17.0 Å². The molecule has 2 aliphatic heterocycles. The number of hydrogen-bond donors (Lipinski definition) is 1. The first kappa shape index (κ1) is 20.4. The number of amidine groups is 2. The van der Waals surface area contributed by atoms with Crippen LogP contribution in [-0.2, 0) is 4.79 Å². The Balaban J connectivity index is 0.00000225. The molecule has 0 atom stereocenters. The van der Waals surface area contributed by atoms with E-state index < -0.39 is 5.91 Å². The summed E-state index contributed by atoms with van der Waals surface area (Å²) in [5.41, 5.74) is 1.03. The lowest BCUT2D eigenvalue weighted by molar-refractivity contribution is -0.114. The second-order valence-corrected chi connectivity index (χ2v) is 7.45. The van der Waals surface area contributed by atoms with Crippen LogP contribution in [0.3, 0.4) is 0 Å². The van der Waals surface area contributed by atoms with Gasteiger partial charge in [-0.25, -0.2) is 0 Å². The van der Waals surface area contributed by atoms with Gasteiger partial charge in [0.05, 0.1) is 5.57 Å². The van der Waals surface area contributed by atoms with Gasteiger partial charge in [0.2, 0.25) is 5.17 Å². The number of hydrogen-bond acceptors (Lipinski definition) is 5. The van der Waals surface area contributed by atoms with Gasteiger partial charge in [-0.2, -0.15) is 15.1 Å². The van der Waals surface area contributed by atoms with Crippen LogP contribution < -0.4 is 0 Å². The summed E-state index contributed by atoms with van der Waals surface area (Å²) < 4.78 is 5.80. The van der Waals surface area contributed by atoms with Crippen molar-refractivity contribution in [3.8, 4) is 11.3 Å². The smallest absolute Gasteiger partial charge is 0.283 e. The number of benzene rings is 1. The molecule has 0 radical (unpaired) electrons. The van der Waals surface area contributed by atoms with E-state index in [1.165, 1.54) is 22.8 Å². The molecule has 1 aromatic carbocycles. The van der Waals surface area contributed by atoms with Crippen LogP contribution in [-0.4, -0.2) is 27.0 Å². The number of rotatable bonds is 4. The van der Waals surface area contributed by atoms with Crippen LogP contribution in [0, 0.1) is 5.41 Å². The SMILES string of the molecule is CCCC1=NN2C(=N)/C(=C/c3ccc(-c4ccc(Cl)cc4)o3)C(=O)N=C2S1.Cl. The molecule has 3 heterocycles. The number of hydrazone groups is 1. The van der Waals surface area contributed by atoms with Crippen molar-refractivity contribution < 1.29 is 9.21 Å². The quantitative estimate of drug-likeness (QED) is 0.649. The molecule has 28 heavy (non-hydrogen) atoms. The lowest BCUT2D eigenvalue weighted by Crippen LogP contribution is -2.35. The van der Waals surface area contributed by atoms with E-state index in [9.17, 15) is 4.79 Å². The number of carbonyl (C=O) groups is 1. The third-order valence-corrected chi connectivity index (χ3v) is 5.22. The second kappa shape index (κ2) is 8.34. The van der Waals surface area contributed by atoms with Crippen molar-refractivity contribution in [1.82, 2.24) is 5.01 Å². The second-order valence-electron chi connectivity index (χ2n) is 5.97. The molecular weight excluding hydrogens is 419 g/mol. The van der Waals surface area contributed by atoms with Crippen LogP contribution >= 0.6 is 35.8 Å². The van der Waals surface area contributed by atoms with Crippen molar-refractivity contribution in [1.29, 1.82) is 5.41 Å². The number of carbonyl (C=O) groups excluding carboxylic acids is 1. The molecule has 6 nitrogen and oxygen atoms in total. The minimum Gasteiger partial charge on any atom is -0.457 e. The Morgan fingerprint density at radius 1 is 1.25 bits per heavy atom. The molecule has 0 fully saturated rings. The maximum Gasteiger partial charge on any atom is 0.283 e. The molecule has 1 aromatic heterocycles. The summed E-state index contributed by atoms with van der Waals surface area (Å²) in [4.78, 5) is 16.5. The van der Waals surface area contributed by atoms with E-state index in [4.69, 9.17) is 21.4 Å². The summed E-state index contributed by atoms with van der Waals surface area (Å²) in [5, 5.41) is 16.1. The number of aliphatic imine (C=N–C) groups is 1. The van der Waals surface area contributed by atoms with E-state index in [1.54, 1.807) is 18.2 Å². The van der Waals surface area contributed by atoms with E-state index in [1.807, 2.05) is 18.2 Å². The zero-order valence-corrected chi connectivity index (χ0v) is 17.2. The monoisotopic (exact) mass is 434 g/mol. The fraction of sp³-hybridized carbons (Fsp3) is 0.158. The van der Waals surface area contributed by atoms with Gasteiger partial charge >= 0.3 is 0 Å². The number of thioether (sulfide) groups is 1. The van der Waals surface area contributed by atoms with Gasteiger partial charge in [0, 0.05) is 10.6 Å². The van der Waals surface area contributed by atoms with Crippen molar-refractivity contribution in [3.63, 3.8) is 0 Å². The van der Waals surface area contributed by atoms with Gasteiger partial charge in [-0.3, -0.25) is 10.2 Å². The molecule has 2 aromatic rings. The van der Waals surface area contributed by atoms with E-state index in [-0.39, 0.29) is 23.8 Å². The van der Waals surface area contributed by atoms with Crippen LogP contribution in [0.15, 0.2) is 56.5 Å². The zero-order valence-electron chi connectivity index (χ0n) is 14.8. The summed E-state index contributed by atoms with van der Waals surface area (Å²) in [7, 11) is 0. The third kappa shape index (κ3) is 3.92. The Hall–Kier alpha value is -2.35. The minimum atomic E-state index is -0.462. The Morgan fingerprint density at radius 2 is 2.00 bits per heavy atom. The number of nitrogens with one attached hydrogen (secondary N) is 1. The molecule has 2 aliphatic rings. The van der Waals surface area contributed by atoms with Crippen molar-refractivity contribution in [2.75, 3.05) is 0 Å². The van der Waals surface area contributed by atoms with E-state index in [0.717, 1.165) is 23.4 Å². The van der Waals surface area contributed by atoms with Gasteiger partial charge < -0.3 is 4.42 Å². The standard InChI is InChI=1S/C19H15ClN4O2S.ClH/c1-2-3-16-23-24-17(21)14(18(25)22-19(24)27-16)10-13-8-9-15(26-13)11-4-6-12(20)7-5-11;/h4-10,21H,2-3H2,1H3;1H/b14-10-,21-17?;. The number of amides is 1. The molecule has 0 aliphatic carbocycles. The fourth-order valence-electron chi connectivity index (χ4n) is 2.69. The summed E-state index contributed by atoms with van der Waals surface area (Å²) >= 11 is 7.25. The average molecular weight is 435 g/mol. The predicted molar refractivity (Wildman–Crippen MR) is 116 cm³/mol. The van der Waals surface area contributed by atoms with E-state index >= 15 is 0 Å². The number of fused-ring (bicyclic) bond motifs is 1. The number of halogens is 2. The van der Waals surface area contributed by atoms with Gasteiger partial charge in [0.1, 0.15) is 16.6 Å². The number of nitrogens with zero attached hydrogens (tertiary/aromatic N) is 3. The van der Waals surface area contributed by atoms with Crippen molar-refractivity contribution >= 4 is 63.8 Å². The maximum atomic E-state index is 12.4. The molecule has 1 amide bonds. The topological polar surface area (TPSA) is 82.0 Å². The van der Waals surface area contributed by atoms with Gasteiger partial charge in [-0.05, 0) is 67.1 Å². The molecule has 0 spiro atoms. The van der Waals surface area contributed by atoms with Gasteiger partial charge in [-0.1, -0.05) is 18.5 Å². The Kier molecular flexibility index (Phi) is 6.07. The highest BCUT2D eigenvalue weighted by atomic mass is 35.5. The molecular formula is C19H16Cl2N4O2S. The highest BCUT2D eigenvalue weighted by Gasteiger charge is 2.35. The average Bonchev–Trinajstić information content (AvgIpc) is 3.27. The summed E-state index contributed by atoms with van der Waals surface area (Å²) in [6.07, 6.45) is 3.27. The molecule has 0 unspecified atom stereocenters. The minimum absolute atomic E-state index is 0. The predicted octanol–water partition coefficient (Wildman–Crippen LogP) is 5.44. The fourth-order valence-corrected chi connectivity index (χ4v) is 3.80. The van der Waals surface area contributed by atoms with Gasteiger partial charge in [-0.15, -0.1) is 12.4 Å². The van der Waals surface area contributed by atoms with Crippen molar-refractivity contribution in [2.24, 2.45) is 10.1 Å². The van der Waals surface area contributed by atoms with Crippen molar-refractivity contribution in [2.45, 2.75) is 19.8 Å². The van der Waals surface area contributed by atoms with E-state index in [0.29, 0.717) is 21.7 Å². The molecule has 1 N–H and O–H groups in total. The zero-order chi connectivity index (χ0) is 19.0. The van der Waals surface area contributed by atoms with Gasteiger partial charge in [0.15, 0.2) is 5.84 Å². The largest absolute Gasteiger partial charge is 0.457 e. The molecule has 144 valence electrons. The summed E-state index contributed by atoms with van der Waals surface area (Å²) in [6.45, 7) is 2.05. The lowest BCUT2D eigenvalue weighted by atomic mass is 10.1. The Morgan fingerprint density at radius 3 is 2.71 bits per heavy atom. The Labute approximate surface area is 177 Å². The van der Waals surface area contributed by atoms with Crippen LogP contribution in [0.2, 0.25) is 5.02 Å². The van der Waals surface area contributed by atoms with Gasteiger partial charge in [0.25, 0.3) is 5.91 Å². The Bertz CT molecular complexity index is 1020. The summed E-state index contributed by atoms with van der Waals surface area (Å²) in [5.74, 6) is 0.665. The summed E-state index contributed by atoms with van der Waals surface area (Å²) in [6, 6.07) is 10.8. The van der Waals surface area contributed by atoms with Crippen LogP contribution in [0.1, 0.15) is 25.5 Å². The molecule has 0 bridgehead atoms. The van der Waals surface area contributed by atoms with Crippen LogP contribution in [0.5, 0.6) is 0 Å².